The molecular weight excluding hydrogens is 288 g/mol. The summed E-state index contributed by atoms with van der Waals surface area (Å²) in [6.45, 7) is 3.00. The molecule has 0 atom stereocenters. The predicted octanol–water partition coefficient (Wildman–Crippen LogP) is 1.42. The Bertz CT molecular complexity index is 552. The van der Waals surface area contributed by atoms with Crippen LogP contribution in [-0.4, -0.2) is 47.0 Å². The van der Waals surface area contributed by atoms with Crippen LogP contribution in [0.1, 0.15) is 19.3 Å². The summed E-state index contributed by atoms with van der Waals surface area (Å²) in [7, 11) is -3.20. The van der Waals surface area contributed by atoms with E-state index in [0.29, 0.717) is 18.0 Å². The first-order valence-electron chi connectivity index (χ1n) is 7.38. The molecule has 118 valence electrons. The van der Waals surface area contributed by atoms with Gasteiger partial charge in [-0.1, -0.05) is 12.1 Å². The minimum Gasteiger partial charge on any atom is -0.378 e. The van der Waals surface area contributed by atoms with Gasteiger partial charge in [-0.05, 0) is 37.9 Å². The zero-order valence-electron chi connectivity index (χ0n) is 12.5. The van der Waals surface area contributed by atoms with Crippen molar-refractivity contribution in [2.75, 3.05) is 37.4 Å². The van der Waals surface area contributed by atoms with Gasteiger partial charge in [0.2, 0.25) is 0 Å². The molecule has 1 aliphatic rings. The molecule has 2 N–H and O–H groups in total. The zero-order valence-corrected chi connectivity index (χ0v) is 13.3. The molecule has 1 aliphatic heterocycles. The summed E-state index contributed by atoms with van der Waals surface area (Å²) >= 11 is 0. The van der Waals surface area contributed by atoms with Crippen LogP contribution in [0.5, 0.6) is 0 Å². The highest BCUT2D eigenvalue weighted by Gasteiger charge is 2.23. The number of benzene rings is 1. The largest absolute Gasteiger partial charge is 0.378 e. The molecule has 0 spiro atoms. The first kappa shape index (κ1) is 16.3. The zero-order chi connectivity index (χ0) is 15.3. The third kappa shape index (κ3) is 4.43. The van der Waals surface area contributed by atoms with Gasteiger partial charge in [0.15, 0.2) is 9.84 Å². The molecule has 1 saturated heterocycles. The number of anilines is 1. The molecule has 0 amide bonds. The van der Waals surface area contributed by atoms with Crippen molar-refractivity contribution in [3.8, 4) is 0 Å². The van der Waals surface area contributed by atoms with Crippen LogP contribution >= 0.6 is 0 Å². The van der Waals surface area contributed by atoms with Crippen molar-refractivity contribution in [3.63, 3.8) is 0 Å². The van der Waals surface area contributed by atoms with Crippen molar-refractivity contribution in [2.45, 2.75) is 30.3 Å². The Hall–Kier alpha value is -1.11. The highest BCUT2D eigenvalue weighted by molar-refractivity contribution is 7.90. The molecule has 0 aliphatic carbocycles. The lowest BCUT2D eigenvalue weighted by Crippen LogP contribution is -2.37. The Kier molecular flexibility index (Phi) is 5.61. The van der Waals surface area contributed by atoms with Crippen LogP contribution in [0.4, 0.5) is 5.69 Å². The van der Waals surface area contributed by atoms with Crippen molar-refractivity contribution >= 4 is 15.5 Å². The van der Waals surface area contributed by atoms with E-state index >= 15 is 0 Å². The van der Waals surface area contributed by atoms with Gasteiger partial charge in [-0.15, -0.1) is 0 Å². The number of nitrogens with zero attached hydrogens (tertiary/aromatic N) is 1. The fourth-order valence-electron chi connectivity index (χ4n) is 2.63. The van der Waals surface area contributed by atoms with Crippen molar-refractivity contribution in [3.05, 3.63) is 24.3 Å². The normalized spacial score (nSPS) is 17.1. The molecule has 0 bridgehead atoms. The summed E-state index contributed by atoms with van der Waals surface area (Å²) in [5.74, 6) is 0. The van der Waals surface area contributed by atoms with E-state index < -0.39 is 9.84 Å². The van der Waals surface area contributed by atoms with Gasteiger partial charge >= 0.3 is 0 Å². The maximum absolute atomic E-state index is 11.9. The fourth-order valence-corrected chi connectivity index (χ4v) is 3.53. The Morgan fingerprint density at radius 3 is 2.57 bits per heavy atom. The summed E-state index contributed by atoms with van der Waals surface area (Å²) in [6.07, 6.45) is 4.25. The average molecular weight is 312 g/mol. The molecule has 0 unspecified atom stereocenters. The summed E-state index contributed by atoms with van der Waals surface area (Å²) < 4.78 is 29.5. The van der Waals surface area contributed by atoms with Crippen LogP contribution in [0.25, 0.3) is 0 Å². The number of sulfone groups is 1. The number of piperidine rings is 1. The van der Waals surface area contributed by atoms with Gasteiger partial charge in [-0.25, -0.2) is 8.42 Å². The topological polar surface area (TPSA) is 72.6 Å². The molecule has 1 fully saturated rings. The smallest absolute Gasteiger partial charge is 0.177 e. The van der Waals surface area contributed by atoms with Gasteiger partial charge in [0, 0.05) is 26.0 Å². The average Bonchev–Trinajstić information content (AvgIpc) is 2.47. The van der Waals surface area contributed by atoms with Gasteiger partial charge in [-0.3, -0.25) is 0 Å². The molecule has 21 heavy (non-hydrogen) atoms. The maximum Gasteiger partial charge on any atom is 0.177 e. The van der Waals surface area contributed by atoms with E-state index in [1.807, 2.05) is 12.1 Å². The number of hydrogen-bond acceptors (Lipinski definition) is 5. The number of hydrogen-bond donors (Lipinski definition) is 1. The van der Waals surface area contributed by atoms with E-state index in [-0.39, 0.29) is 6.10 Å². The van der Waals surface area contributed by atoms with Gasteiger partial charge in [0.05, 0.1) is 16.7 Å². The van der Waals surface area contributed by atoms with E-state index in [1.165, 1.54) is 6.26 Å². The van der Waals surface area contributed by atoms with E-state index in [1.54, 1.807) is 12.1 Å². The second kappa shape index (κ2) is 7.24. The third-order valence-corrected chi connectivity index (χ3v) is 4.89. The van der Waals surface area contributed by atoms with Crippen molar-refractivity contribution in [1.82, 2.24) is 0 Å². The molecule has 1 aromatic rings. The minimum absolute atomic E-state index is 0.262. The predicted molar refractivity (Wildman–Crippen MR) is 84.4 cm³/mol. The third-order valence-electron chi connectivity index (χ3n) is 3.75. The molecule has 1 aromatic carbocycles. The quantitative estimate of drug-likeness (QED) is 0.804. The molecule has 0 aromatic heterocycles. The number of nitrogens with two attached hydrogens (primary N) is 1. The van der Waals surface area contributed by atoms with E-state index in [2.05, 4.69) is 4.90 Å². The van der Waals surface area contributed by atoms with E-state index in [9.17, 15) is 8.42 Å². The monoisotopic (exact) mass is 312 g/mol. The molecule has 1 heterocycles. The first-order valence-corrected chi connectivity index (χ1v) is 9.27. The lowest BCUT2D eigenvalue weighted by Gasteiger charge is -2.34. The van der Waals surface area contributed by atoms with Crippen molar-refractivity contribution < 1.29 is 13.2 Å². The van der Waals surface area contributed by atoms with Gasteiger partial charge in [0.1, 0.15) is 0 Å². The highest BCUT2D eigenvalue weighted by Crippen LogP contribution is 2.28. The second-order valence-corrected chi connectivity index (χ2v) is 7.42. The molecule has 0 saturated carbocycles. The minimum atomic E-state index is -3.20. The number of para-hydroxylation sites is 1. The van der Waals surface area contributed by atoms with Gasteiger partial charge in [-0.2, -0.15) is 0 Å². The van der Waals surface area contributed by atoms with Crippen LogP contribution in [0.15, 0.2) is 29.2 Å². The standard InChI is InChI=1S/C15H24N2O3S/c1-21(18,19)15-6-3-2-5-14(15)17-10-7-13(8-11-17)20-12-4-9-16/h2-3,5-6,13H,4,7-12,16H2,1H3. The summed E-state index contributed by atoms with van der Waals surface area (Å²) in [4.78, 5) is 2.55. The van der Waals surface area contributed by atoms with Crippen LogP contribution < -0.4 is 10.6 Å². The summed E-state index contributed by atoms with van der Waals surface area (Å²) in [5, 5.41) is 0. The molecule has 5 nitrogen and oxygen atoms in total. The number of rotatable bonds is 6. The van der Waals surface area contributed by atoms with Crippen LogP contribution in [0, 0.1) is 0 Å². The van der Waals surface area contributed by atoms with Gasteiger partial charge < -0.3 is 15.4 Å². The van der Waals surface area contributed by atoms with Crippen molar-refractivity contribution in [2.24, 2.45) is 5.73 Å². The van der Waals surface area contributed by atoms with Crippen molar-refractivity contribution in [1.29, 1.82) is 0 Å². The Balaban J connectivity index is 2.00. The Morgan fingerprint density at radius 1 is 1.29 bits per heavy atom. The second-order valence-electron chi connectivity index (χ2n) is 5.44. The summed E-state index contributed by atoms with van der Waals surface area (Å²) in [6, 6.07) is 7.21. The molecule has 6 heteroatoms. The Morgan fingerprint density at radius 2 is 1.95 bits per heavy atom. The maximum atomic E-state index is 11.9. The molecular formula is C15H24N2O3S. The lowest BCUT2D eigenvalue weighted by atomic mass is 10.1. The molecule has 2 rings (SSSR count). The van der Waals surface area contributed by atoms with Gasteiger partial charge in [0.25, 0.3) is 0 Å². The molecule has 0 radical (unpaired) electrons. The van der Waals surface area contributed by atoms with E-state index in [0.717, 1.165) is 38.0 Å². The lowest BCUT2D eigenvalue weighted by molar-refractivity contribution is 0.0366. The van der Waals surface area contributed by atoms with Crippen LogP contribution in [0.3, 0.4) is 0 Å². The number of ether oxygens (including phenoxy) is 1. The first-order chi connectivity index (χ1) is 10.0. The SMILES string of the molecule is CS(=O)(=O)c1ccccc1N1CCC(OCCCN)CC1. The summed E-state index contributed by atoms with van der Waals surface area (Å²) in [5.41, 5.74) is 6.26. The van der Waals surface area contributed by atoms with Crippen LogP contribution in [0.2, 0.25) is 0 Å². The van der Waals surface area contributed by atoms with E-state index in [4.69, 9.17) is 10.5 Å². The highest BCUT2D eigenvalue weighted by atomic mass is 32.2. The Labute approximate surface area is 127 Å². The fraction of sp³-hybridized carbons (Fsp3) is 0.600. The van der Waals surface area contributed by atoms with Crippen LogP contribution in [-0.2, 0) is 14.6 Å².